The highest BCUT2D eigenvalue weighted by Gasteiger charge is 2.45. The minimum atomic E-state index is -0.450. The van der Waals surface area contributed by atoms with E-state index in [-0.39, 0.29) is 0 Å². The van der Waals surface area contributed by atoms with Crippen molar-refractivity contribution in [3.05, 3.63) is 247 Å². The van der Waals surface area contributed by atoms with Crippen LogP contribution in [0.5, 0.6) is 0 Å². The Hall–Kier alpha value is -7.42. The van der Waals surface area contributed by atoms with Crippen molar-refractivity contribution in [3.63, 3.8) is 0 Å². The number of anilines is 3. The second-order valence-electron chi connectivity index (χ2n) is 14.8. The van der Waals surface area contributed by atoms with E-state index < -0.39 is 5.41 Å². The van der Waals surface area contributed by atoms with Crippen molar-refractivity contribution in [1.82, 2.24) is 0 Å². The molecule has 9 aromatic carbocycles. The first kappa shape index (κ1) is 33.0. The fourth-order valence-electron chi connectivity index (χ4n) is 9.31. The van der Waals surface area contributed by atoms with Gasteiger partial charge in [-0.2, -0.15) is 0 Å². The second-order valence-corrected chi connectivity index (χ2v) is 14.8. The Morgan fingerprint density at radius 1 is 0.351 bits per heavy atom. The molecule has 0 atom stereocenters. The van der Waals surface area contributed by atoms with Gasteiger partial charge in [0.15, 0.2) is 0 Å². The third-order valence-electron chi connectivity index (χ3n) is 11.8. The van der Waals surface area contributed by atoms with E-state index in [0.717, 1.165) is 55.7 Å². The lowest BCUT2D eigenvalue weighted by molar-refractivity contribution is 0.669. The van der Waals surface area contributed by atoms with Crippen LogP contribution < -0.4 is 4.90 Å². The molecule has 0 radical (unpaired) electrons. The van der Waals surface area contributed by atoms with Crippen molar-refractivity contribution >= 4 is 39.0 Å². The number of para-hydroxylation sites is 2. The number of nitrogens with zero attached hydrogens (tertiary/aromatic N) is 1. The average molecular weight is 728 g/mol. The number of benzene rings is 9. The van der Waals surface area contributed by atoms with E-state index in [2.05, 4.69) is 223 Å². The van der Waals surface area contributed by atoms with E-state index in [1.165, 1.54) is 38.9 Å². The normalized spacial score (nSPS) is 12.7. The maximum Gasteiger partial charge on any atom is 0.137 e. The second kappa shape index (κ2) is 13.4. The molecule has 0 bridgehead atoms. The molecule has 57 heavy (non-hydrogen) atoms. The fraction of sp³-hybridized carbons (Fsp3) is 0.0182. The Balaban J connectivity index is 1.09. The molecular formula is C55H37NO. The van der Waals surface area contributed by atoms with E-state index in [1.54, 1.807) is 0 Å². The summed E-state index contributed by atoms with van der Waals surface area (Å²) in [5.74, 6) is 0. The summed E-state index contributed by atoms with van der Waals surface area (Å²) < 4.78 is 6.49. The lowest BCUT2D eigenvalue weighted by Crippen LogP contribution is -2.28. The molecule has 2 heteroatoms. The Morgan fingerprint density at radius 3 is 1.63 bits per heavy atom. The van der Waals surface area contributed by atoms with Crippen molar-refractivity contribution in [2.75, 3.05) is 4.90 Å². The van der Waals surface area contributed by atoms with Gasteiger partial charge in [-0.3, -0.25) is 0 Å². The SMILES string of the molecule is c1ccc(-c2ccc3oc4ccccc4c3c2N(c2ccccc2)c2ccc(-c3cccc(C4(c5ccccc5)c5ccccc5-c5ccccc54)c3)cc2)cc1. The van der Waals surface area contributed by atoms with Crippen LogP contribution >= 0.6 is 0 Å². The molecule has 1 heterocycles. The highest BCUT2D eigenvalue weighted by molar-refractivity contribution is 6.17. The molecular weight excluding hydrogens is 691 g/mol. The molecule has 1 aromatic heterocycles. The van der Waals surface area contributed by atoms with Gasteiger partial charge >= 0.3 is 0 Å². The molecule has 0 aliphatic heterocycles. The molecule has 0 saturated carbocycles. The van der Waals surface area contributed by atoms with E-state index in [0.29, 0.717) is 0 Å². The quantitative estimate of drug-likeness (QED) is 0.163. The van der Waals surface area contributed by atoms with Gasteiger partial charge in [0.05, 0.1) is 16.5 Å². The molecule has 268 valence electrons. The number of hydrogen-bond donors (Lipinski definition) is 0. The third-order valence-corrected chi connectivity index (χ3v) is 11.8. The van der Waals surface area contributed by atoms with Gasteiger partial charge in [0, 0.05) is 22.3 Å². The summed E-state index contributed by atoms with van der Waals surface area (Å²) in [7, 11) is 0. The van der Waals surface area contributed by atoms with Gasteiger partial charge in [-0.25, -0.2) is 0 Å². The van der Waals surface area contributed by atoms with Crippen LogP contribution in [0.15, 0.2) is 229 Å². The van der Waals surface area contributed by atoms with E-state index >= 15 is 0 Å². The number of rotatable bonds is 7. The zero-order valence-electron chi connectivity index (χ0n) is 31.2. The van der Waals surface area contributed by atoms with E-state index in [1.807, 2.05) is 6.07 Å². The summed E-state index contributed by atoms with van der Waals surface area (Å²) in [5, 5.41) is 2.19. The summed E-state index contributed by atoms with van der Waals surface area (Å²) >= 11 is 0. The van der Waals surface area contributed by atoms with Gasteiger partial charge in [-0.15, -0.1) is 0 Å². The zero-order valence-corrected chi connectivity index (χ0v) is 31.2. The van der Waals surface area contributed by atoms with Crippen molar-refractivity contribution in [2.45, 2.75) is 5.41 Å². The monoisotopic (exact) mass is 727 g/mol. The van der Waals surface area contributed by atoms with E-state index in [4.69, 9.17) is 4.42 Å². The molecule has 0 unspecified atom stereocenters. The zero-order chi connectivity index (χ0) is 37.8. The maximum atomic E-state index is 6.49. The molecule has 0 spiro atoms. The van der Waals surface area contributed by atoms with Gasteiger partial charge in [0.2, 0.25) is 0 Å². The largest absolute Gasteiger partial charge is 0.456 e. The van der Waals surface area contributed by atoms with Crippen LogP contribution in [0, 0.1) is 0 Å². The van der Waals surface area contributed by atoms with Crippen LogP contribution in [0.1, 0.15) is 22.3 Å². The fourth-order valence-corrected chi connectivity index (χ4v) is 9.31. The summed E-state index contributed by atoms with van der Waals surface area (Å²) in [6.45, 7) is 0. The highest BCUT2D eigenvalue weighted by atomic mass is 16.3. The summed E-state index contributed by atoms with van der Waals surface area (Å²) in [4.78, 5) is 2.39. The molecule has 2 nitrogen and oxygen atoms in total. The van der Waals surface area contributed by atoms with Gasteiger partial charge in [-0.1, -0.05) is 176 Å². The number of furan rings is 1. The first-order valence-electron chi connectivity index (χ1n) is 19.6. The molecule has 0 saturated heterocycles. The predicted molar refractivity (Wildman–Crippen MR) is 237 cm³/mol. The van der Waals surface area contributed by atoms with Crippen LogP contribution in [0.2, 0.25) is 0 Å². The Morgan fingerprint density at radius 2 is 0.912 bits per heavy atom. The van der Waals surface area contributed by atoms with Crippen molar-refractivity contribution in [1.29, 1.82) is 0 Å². The summed E-state index contributed by atoms with van der Waals surface area (Å²) in [6, 6.07) is 81.1. The average Bonchev–Trinajstić information content (AvgIpc) is 3.82. The molecule has 11 rings (SSSR count). The lowest BCUT2D eigenvalue weighted by atomic mass is 9.67. The van der Waals surface area contributed by atoms with Gasteiger partial charge in [0.25, 0.3) is 0 Å². The van der Waals surface area contributed by atoms with Crippen molar-refractivity contribution in [2.24, 2.45) is 0 Å². The molecule has 0 N–H and O–H groups in total. The minimum absolute atomic E-state index is 0.450. The van der Waals surface area contributed by atoms with Crippen LogP contribution in [-0.4, -0.2) is 0 Å². The standard InChI is InChI=1S/C55H37NO/c1-4-17-39(18-5-1)45-35-36-52-53(48-27-12-15-30-51(48)57-52)54(45)56(43-23-8-3-9-24-43)44-33-31-38(32-34-44)40-19-16-22-42(37-40)55(41-20-6-2-7-21-41)49-28-13-10-25-46(49)47-26-11-14-29-50(47)55/h1-37H. The highest BCUT2D eigenvalue weighted by Crippen LogP contribution is 2.56. The molecule has 1 aliphatic rings. The van der Waals surface area contributed by atoms with Crippen molar-refractivity contribution in [3.8, 4) is 33.4 Å². The van der Waals surface area contributed by atoms with Crippen LogP contribution in [0.3, 0.4) is 0 Å². The molecule has 0 fully saturated rings. The molecule has 1 aliphatic carbocycles. The summed E-state index contributed by atoms with van der Waals surface area (Å²) in [5.41, 5.74) is 16.9. The third kappa shape index (κ3) is 5.18. The van der Waals surface area contributed by atoms with Crippen molar-refractivity contribution < 1.29 is 4.42 Å². The van der Waals surface area contributed by atoms with Gasteiger partial charge in [-0.05, 0) is 98.6 Å². The molecule has 0 amide bonds. The number of hydrogen-bond acceptors (Lipinski definition) is 2. The van der Waals surface area contributed by atoms with Gasteiger partial charge in [0.1, 0.15) is 11.2 Å². The van der Waals surface area contributed by atoms with E-state index in [9.17, 15) is 0 Å². The topological polar surface area (TPSA) is 16.4 Å². The summed E-state index contributed by atoms with van der Waals surface area (Å²) in [6.07, 6.45) is 0. The molecule has 10 aromatic rings. The Kier molecular flexibility index (Phi) is 7.75. The lowest BCUT2D eigenvalue weighted by Gasteiger charge is -2.34. The van der Waals surface area contributed by atoms with Crippen LogP contribution in [0.25, 0.3) is 55.3 Å². The maximum absolute atomic E-state index is 6.49. The smallest absolute Gasteiger partial charge is 0.137 e. The number of fused-ring (bicyclic) bond motifs is 6. The first-order valence-corrected chi connectivity index (χ1v) is 19.6. The predicted octanol–water partition coefficient (Wildman–Crippen LogP) is 14.8. The van der Waals surface area contributed by atoms with Crippen LogP contribution in [0.4, 0.5) is 17.1 Å². The minimum Gasteiger partial charge on any atom is -0.456 e. The Bertz CT molecular complexity index is 3010. The van der Waals surface area contributed by atoms with Gasteiger partial charge < -0.3 is 9.32 Å². The van der Waals surface area contributed by atoms with Crippen LogP contribution in [-0.2, 0) is 5.41 Å². The first-order chi connectivity index (χ1) is 28.3. The Labute approximate surface area is 332 Å².